The number of aromatic nitrogens is 1. The van der Waals surface area contributed by atoms with Gasteiger partial charge in [-0.2, -0.15) is 0 Å². The molecule has 2 N–H and O–H groups in total. The van der Waals surface area contributed by atoms with E-state index in [1.807, 2.05) is 58.0 Å². The first-order chi connectivity index (χ1) is 9.87. The van der Waals surface area contributed by atoms with Crippen LogP contribution in [-0.4, -0.2) is 22.5 Å². The van der Waals surface area contributed by atoms with E-state index in [9.17, 15) is 4.79 Å². The van der Waals surface area contributed by atoms with Gasteiger partial charge in [-0.25, -0.2) is 0 Å². The van der Waals surface area contributed by atoms with Crippen LogP contribution in [-0.2, 0) is 11.3 Å². The largest absolute Gasteiger partial charge is 0.350 e. The van der Waals surface area contributed by atoms with Gasteiger partial charge in [0.25, 0.3) is 0 Å². The average molecular weight is 285 g/mol. The molecule has 4 nitrogen and oxygen atoms in total. The van der Waals surface area contributed by atoms with Crippen molar-refractivity contribution in [2.75, 3.05) is 0 Å². The fraction of sp³-hybridized carbons (Fsp3) is 0.412. The minimum Gasteiger partial charge on any atom is -0.350 e. The van der Waals surface area contributed by atoms with Crippen molar-refractivity contribution >= 4 is 16.8 Å². The lowest BCUT2D eigenvalue weighted by atomic mass is 10.1. The van der Waals surface area contributed by atoms with Crippen LogP contribution in [0.1, 0.15) is 33.3 Å². The molecule has 1 atom stereocenters. The van der Waals surface area contributed by atoms with E-state index >= 15 is 0 Å². The second-order valence-electron chi connectivity index (χ2n) is 6.33. The highest BCUT2D eigenvalue weighted by molar-refractivity contribution is 5.83. The Labute approximate surface area is 126 Å². The highest BCUT2D eigenvalue weighted by atomic mass is 16.2. The summed E-state index contributed by atoms with van der Waals surface area (Å²) in [6, 6.07) is 9.82. The summed E-state index contributed by atoms with van der Waals surface area (Å²) in [6.45, 7) is 8.43. The van der Waals surface area contributed by atoms with E-state index in [4.69, 9.17) is 0 Å². The maximum Gasteiger partial charge on any atom is 0.237 e. The minimum absolute atomic E-state index is 0.00990. The molecule has 0 aliphatic carbocycles. The maximum absolute atomic E-state index is 12.1. The van der Waals surface area contributed by atoms with E-state index in [2.05, 4.69) is 15.6 Å². The van der Waals surface area contributed by atoms with Gasteiger partial charge in [-0.1, -0.05) is 24.3 Å². The van der Waals surface area contributed by atoms with Crippen LogP contribution in [0.15, 0.2) is 36.5 Å². The van der Waals surface area contributed by atoms with Crippen molar-refractivity contribution in [3.8, 4) is 0 Å². The number of hydrogen-bond acceptors (Lipinski definition) is 3. The first-order valence-corrected chi connectivity index (χ1v) is 7.25. The van der Waals surface area contributed by atoms with Crippen LogP contribution < -0.4 is 10.6 Å². The second kappa shape index (κ2) is 6.22. The molecule has 1 aromatic carbocycles. The first-order valence-electron chi connectivity index (χ1n) is 7.25. The zero-order valence-corrected chi connectivity index (χ0v) is 13.1. The molecule has 112 valence electrons. The summed E-state index contributed by atoms with van der Waals surface area (Å²) in [5, 5.41) is 7.35. The molecule has 0 spiro atoms. The SMILES string of the molecule is CC(NCc1cccc2cccnc12)C(=O)NC(C)(C)C. The minimum atomic E-state index is -0.247. The first kappa shape index (κ1) is 15.4. The zero-order chi connectivity index (χ0) is 15.5. The molecule has 2 aromatic rings. The van der Waals surface area contributed by atoms with Crippen molar-refractivity contribution in [1.29, 1.82) is 0 Å². The zero-order valence-electron chi connectivity index (χ0n) is 13.1. The molecular weight excluding hydrogens is 262 g/mol. The highest BCUT2D eigenvalue weighted by Gasteiger charge is 2.18. The van der Waals surface area contributed by atoms with Gasteiger partial charge in [0.1, 0.15) is 0 Å². The van der Waals surface area contributed by atoms with Gasteiger partial charge in [0.05, 0.1) is 11.6 Å². The van der Waals surface area contributed by atoms with Crippen molar-refractivity contribution in [1.82, 2.24) is 15.6 Å². The summed E-state index contributed by atoms with van der Waals surface area (Å²) in [7, 11) is 0. The van der Waals surface area contributed by atoms with Crippen LogP contribution in [0.2, 0.25) is 0 Å². The van der Waals surface area contributed by atoms with Crippen molar-refractivity contribution in [3.63, 3.8) is 0 Å². The molecule has 0 fully saturated rings. The summed E-state index contributed by atoms with van der Waals surface area (Å²) in [5.41, 5.74) is 1.87. The fourth-order valence-electron chi connectivity index (χ4n) is 2.14. The van der Waals surface area contributed by atoms with Crippen LogP contribution in [0.3, 0.4) is 0 Å². The van der Waals surface area contributed by atoms with Gasteiger partial charge in [-0.15, -0.1) is 0 Å². The third-order valence-electron chi connectivity index (χ3n) is 3.21. The number of para-hydroxylation sites is 1. The van der Waals surface area contributed by atoms with Crippen LogP contribution in [0.25, 0.3) is 10.9 Å². The summed E-state index contributed by atoms with van der Waals surface area (Å²) >= 11 is 0. The molecule has 21 heavy (non-hydrogen) atoms. The molecule has 0 saturated heterocycles. The molecule has 4 heteroatoms. The molecule has 0 aliphatic heterocycles. The average Bonchev–Trinajstić information content (AvgIpc) is 2.42. The summed E-state index contributed by atoms with van der Waals surface area (Å²) in [5.74, 6) is 0.00990. The number of benzene rings is 1. The number of fused-ring (bicyclic) bond motifs is 1. The molecule has 0 bridgehead atoms. The molecule has 1 amide bonds. The number of nitrogens with one attached hydrogen (secondary N) is 2. The Morgan fingerprint density at radius 1 is 1.24 bits per heavy atom. The van der Waals surface area contributed by atoms with E-state index in [1.54, 1.807) is 6.20 Å². The molecule has 0 radical (unpaired) electrons. The van der Waals surface area contributed by atoms with Crippen LogP contribution >= 0.6 is 0 Å². The molecule has 1 aromatic heterocycles. The number of amides is 1. The number of pyridine rings is 1. The molecule has 2 rings (SSSR count). The van der Waals surface area contributed by atoms with Crippen molar-refractivity contribution in [2.45, 2.75) is 45.8 Å². The molecular formula is C17H23N3O. The van der Waals surface area contributed by atoms with Gasteiger partial charge >= 0.3 is 0 Å². The number of hydrogen-bond donors (Lipinski definition) is 2. The van der Waals surface area contributed by atoms with Crippen LogP contribution in [0.4, 0.5) is 0 Å². The predicted octanol–water partition coefficient (Wildman–Crippen LogP) is 2.63. The van der Waals surface area contributed by atoms with E-state index in [1.165, 1.54) is 0 Å². The Balaban J connectivity index is 2.03. The third-order valence-corrected chi connectivity index (χ3v) is 3.21. The maximum atomic E-state index is 12.1. The standard InChI is InChI=1S/C17H23N3O/c1-12(16(21)20-17(2,3)4)19-11-14-8-5-7-13-9-6-10-18-15(13)14/h5-10,12,19H,11H2,1-4H3,(H,20,21). The Morgan fingerprint density at radius 3 is 2.67 bits per heavy atom. The van der Waals surface area contributed by atoms with Crippen molar-refractivity contribution in [3.05, 3.63) is 42.1 Å². The summed E-state index contributed by atoms with van der Waals surface area (Å²) in [6.07, 6.45) is 1.79. The molecule has 1 unspecified atom stereocenters. The van der Waals surface area contributed by atoms with Crippen molar-refractivity contribution < 1.29 is 4.79 Å². The lowest BCUT2D eigenvalue weighted by molar-refractivity contribution is -0.124. The molecule has 0 saturated carbocycles. The quantitative estimate of drug-likeness (QED) is 0.908. The number of nitrogens with zero attached hydrogens (tertiary/aromatic N) is 1. The molecule has 0 aliphatic rings. The van der Waals surface area contributed by atoms with Crippen molar-refractivity contribution in [2.24, 2.45) is 0 Å². The second-order valence-corrected chi connectivity index (χ2v) is 6.33. The van der Waals surface area contributed by atoms with Gasteiger partial charge in [0, 0.05) is 23.7 Å². The van der Waals surface area contributed by atoms with Gasteiger partial charge < -0.3 is 10.6 Å². The number of carbonyl (C=O) groups is 1. The monoisotopic (exact) mass is 285 g/mol. The van der Waals surface area contributed by atoms with E-state index < -0.39 is 0 Å². The van der Waals surface area contributed by atoms with Gasteiger partial charge in [0.2, 0.25) is 5.91 Å². The summed E-state index contributed by atoms with van der Waals surface area (Å²) < 4.78 is 0. The summed E-state index contributed by atoms with van der Waals surface area (Å²) in [4.78, 5) is 16.5. The van der Waals surface area contributed by atoms with Crippen LogP contribution in [0.5, 0.6) is 0 Å². The Bertz CT molecular complexity index is 626. The Morgan fingerprint density at radius 2 is 1.95 bits per heavy atom. The van der Waals surface area contributed by atoms with Gasteiger partial charge in [-0.05, 0) is 39.3 Å². The van der Waals surface area contributed by atoms with E-state index in [0.29, 0.717) is 6.54 Å². The highest BCUT2D eigenvalue weighted by Crippen LogP contribution is 2.15. The third kappa shape index (κ3) is 4.26. The Kier molecular flexibility index (Phi) is 4.58. The fourth-order valence-corrected chi connectivity index (χ4v) is 2.14. The van der Waals surface area contributed by atoms with E-state index in [0.717, 1.165) is 16.5 Å². The Hall–Kier alpha value is -1.94. The van der Waals surface area contributed by atoms with Gasteiger partial charge in [-0.3, -0.25) is 9.78 Å². The number of rotatable bonds is 4. The van der Waals surface area contributed by atoms with Crippen LogP contribution in [0, 0.1) is 0 Å². The van der Waals surface area contributed by atoms with E-state index in [-0.39, 0.29) is 17.5 Å². The smallest absolute Gasteiger partial charge is 0.237 e. The molecule has 1 heterocycles. The predicted molar refractivity (Wildman–Crippen MR) is 85.9 cm³/mol. The normalized spacial score (nSPS) is 13.1. The number of carbonyl (C=O) groups excluding carboxylic acids is 1. The lowest BCUT2D eigenvalue weighted by Crippen LogP contribution is -2.49. The van der Waals surface area contributed by atoms with Gasteiger partial charge in [0.15, 0.2) is 0 Å². The topological polar surface area (TPSA) is 54.0 Å². The lowest BCUT2D eigenvalue weighted by Gasteiger charge is -2.23.